The number of nitrogens with one attached hydrogen (secondary N) is 1. The Morgan fingerprint density at radius 1 is 1.11 bits per heavy atom. The molecular formula is C26H29ClN2O6. The SMILES string of the molecule is Cl.Nc1ccc(Oc2ccc3c(c2)CC[C@H](CNC[C@H](O)COc2ccccc2)O3)c(C(=O)O)c1. The Labute approximate surface area is 210 Å². The van der Waals surface area contributed by atoms with E-state index in [1.54, 1.807) is 18.2 Å². The Balaban J connectivity index is 0.00000342. The number of nitrogens with two attached hydrogens (primary N) is 1. The van der Waals surface area contributed by atoms with Gasteiger partial charge in [0.1, 0.15) is 47.4 Å². The van der Waals surface area contributed by atoms with Gasteiger partial charge < -0.3 is 35.5 Å². The number of carboxylic acid groups (broad SMARTS) is 1. The normalized spacial score (nSPS) is 15.2. The van der Waals surface area contributed by atoms with Gasteiger partial charge in [-0.15, -0.1) is 12.4 Å². The van der Waals surface area contributed by atoms with E-state index in [0.29, 0.717) is 24.5 Å². The van der Waals surface area contributed by atoms with Crippen molar-refractivity contribution in [1.82, 2.24) is 5.32 Å². The lowest BCUT2D eigenvalue weighted by Crippen LogP contribution is -2.39. The predicted molar refractivity (Wildman–Crippen MR) is 135 cm³/mol. The van der Waals surface area contributed by atoms with Gasteiger partial charge in [-0.05, 0) is 66.9 Å². The van der Waals surface area contributed by atoms with Gasteiger partial charge in [0.2, 0.25) is 0 Å². The highest BCUT2D eigenvalue weighted by Gasteiger charge is 2.21. The van der Waals surface area contributed by atoms with Crippen LogP contribution in [-0.2, 0) is 6.42 Å². The van der Waals surface area contributed by atoms with E-state index in [-0.39, 0.29) is 36.4 Å². The quantitative estimate of drug-likeness (QED) is 0.309. The smallest absolute Gasteiger partial charge is 0.339 e. The maximum atomic E-state index is 11.5. The van der Waals surface area contributed by atoms with E-state index in [9.17, 15) is 15.0 Å². The largest absolute Gasteiger partial charge is 0.491 e. The second-order valence-corrected chi connectivity index (χ2v) is 8.15. The molecule has 0 spiro atoms. The molecule has 8 nitrogen and oxygen atoms in total. The minimum absolute atomic E-state index is 0. The highest BCUT2D eigenvalue weighted by atomic mass is 35.5. The van der Waals surface area contributed by atoms with Crippen molar-refractivity contribution >= 4 is 24.1 Å². The van der Waals surface area contributed by atoms with Gasteiger partial charge in [-0.1, -0.05) is 18.2 Å². The van der Waals surface area contributed by atoms with Crippen LogP contribution in [0.25, 0.3) is 0 Å². The van der Waals surface area contributed by atoms with Crippen LogP contribution in [0.2, 0.25) is 0 Å². The molecule has 0 saturated heterocycles. The summed E-state index contributed by atoms with van der Waals surface area (Å²) in [6.07, 6.45) is 0.964. The highest BCUT2D eigenvalue weighted by Crippen LogP contribution is 2.34. The lowest BCUT2D eigenvalue weighted by molar-refractivity contribution is 0.0694. The number of carboxylic acids is 1. The van der Waals surface area contributed by atoms with Crippen LogP contribution in [0.15, 0.2) is 66.7 Å². The molecule has 0 bridgehead atoms. The molecule has 0 fully saturated rings. The summed E-state index contributed by atoms with van der Waals surface area (Å²) in [6, 6.07) is 19.4. The summed E-state index contributed by atoms with van der Waals surface area (Å²) < 4.78 is 17.5. The molecule has 0 unspecified atom stereocenters. The van der Waals surface area contributed by atoms with Crippen LogP contribution in [0.4, 0.5) is 5.69 Å². The summed E-state index contributed by atoms with van der Waals surface area (Å²) in [7, 11) is 0. The van der Waals surface area contributed by atoms with Crippen LogP contribution in [0.3, 0.4) is 0 Å². The number of ether oxygens (including phenoxy) is 3. The molecule has 0 amide bonds. The summed E-state index contributed by atoms with van der Waals surface area (Å²) in [5.74, 6) is 1.17. The molecule has 3 aromatic rings. The van der Waals surface area contributed by atoms with Gasteiger partial charge in [0.15, 0.2) is 0 Å². The fourth-order valence-corrected chi connectivity index (χ4v) is 3.74. The van der Waals surface area contributed by atoms with Crippen molar-refractivity contribution in [3.63, 3.8) is 0 Å². The van der Waals surface area contributed by atoms with Gasteiger partial charge in [-0.3, -0.25) is 0 Å². The van der Waals surface area contributed by atoms with Crippen LogP contribution in [0, 0.1) is 0 Å². The molecule has 1 aliphatic rings. The second-order valence-electron chi connectivity index (χ2n) is 8.15. The van der Waals surface area contributed by atoms with E-state index in [2.05, 4.69) is 5.32 Å². The fourth-order valence-electron chi connectivity index (χ4n) is 3.74. The zero-order valence-corrected chi connectivity index (χ0v) is 19.9. The fraction of sp³-hybridized carbons (Fsp3) is 0.269. The van der Waals surface area contributed by atoms with Crippen LogP contribution in [-0.4, -0.2) is 48.1 Å². The molecule has 3 aromatic carbocycles. The first-order valence-electron chi connectivity index (χ1n) is 11.1. The van der Waals surface area contributed by atoms with Gasteiger partial charge in [-0.2, -0.15) is 0 Å². The molecule has 0 saturated carbocycles. The van der Waals surface area contributed by atoms with E-state index in [1.165, 1.54) is 6.07 Å². The van der Waals surface area contributed by atoms with Gasteiger partial charge in [0.05, 0.1) is 0 Å². The lowest BCUT2D eigenvalue weighted by atomic mass is 10.0. The van der Waals surface area contributed by atoms with Gasteiger partial charge in [-0.25, -0.2) is 4.79 Å². The number of hydrogen-bond acceptors (Lipinski definition) is 7. The third-order valence-electron chi connectivity index (χ3n) is 5.46. The summed E-state index contributed by atoms with van der Waals surface area (Å²) in [6.45, 7) is 1.22. The molecule has 2 atom stereocenters. The van der Waals surface area contributed by atoms with Crippen molar-refractivity contribution in [3.8, 4) is 23.0 Å². The lowest BCUT2D eigenvalue weighted by Gasteiger charge is -2.27. The summed E-state index contributed by atoms with van der Waals surface area (Å²) in [5, 5.41) is 22.8. The topological polar surface area (TPSA) is 123 Å². The van der Waals surface area contributed by atoms with E-state index < -0.39 is 12.1 Å². The Hall–Kier alpha value is -3.46. The number of para-hydroxylation sites is 1. The third-order valence-corrected chi connectivity index (χ3v) is 5.46. The van der Waals surface area contributed by atoms with Crippen LogP contribution in [0.1, 0.15) is 22.3 Å². The first-order chi connectivity index (χ1) is 16.5. The maximum absolute atomic E-state index is 11.5. The van der Waals surface area contributed by atoms with E-state index in [4.69, 9.17) is 19.9 Å². The van der Waals surface area contributed by atoms with Gasteiger partial charge in [0.25, 0.3) is 0 Å². The number of aliphatic hydroxyl groups excluding tert-OH is 1. The number of carbonyl (C=O) groups is 1. The number of anilines is 1. The molecule has 4 rings (SSSR count). The van der Waals surface area contributed by atoms with Gasteiger partial charge in [0, 0.05) is 18.8 Å². The number of nitrogen functional groups attached to an aromatic ring is 1. The van der Waals surface area contributed by atoms with E-state index >= 15 is 0 Å². The van der Waals surface area contributed by atoms with Crippen molar-refractivity contribution in [2.75, 3.05) is 25.4 Å². The Kier molecular flexibility index (Phi) is 9.19. The van der Waals surface area contributed by atoms with E-state index in [1.807, 2.05) is 42.5 Å². The Morgan fingerprint density at radius 2 is 1.91 bits per heavy atom. The maximum Gasteiger partial charge on any atom is 0.339 e. The number of fused-ring (bicyclic) bond motifs is 1. The van der Waals surface area contributed by atoms with Crippen LogP contribution < -0.4 is 25.3 Å². The molecule has 35 heavy (non-hydrogen) atoms. The van der Waals surface area contributed by atoms with Crippen LogP contribution >= 0.6 is 12.4 Å². The standard InChI is InChI=1S/C26H28N2O6.ClH/c27-18-7-10-25(23(13-18)26(30)31)33-21-9-11-24-17(12-21)6-8-22(34-24)15-28-14-19(29)16-32-20-4-2-1-3-5-20;/h1-5,7,9-13,19,22,28-29H,6,8,14-16,27H2,(H,30,31);1H/t19-,22+;/m0./s1. The van der Waals surface area contributed by atoms with Crippen molar-refractivity contribution in [2.45, 2.75) is 25.0 Å². The Morgan fingerprint density at radius 3 is 2.69 bits per heavy atom. The molecule has 1 heterocycles. The number of benzene rings is 3. The average molecular weight is 501 g/mol. The Bertz CT molecular complexity index is 1130. The monoisotopic (exact) mass is 500 g/mol. The predicted octanol–water partition coefficient (Wildman–Crippen LogP) is 3.90. The number of rotatable bonds is 10. The summed E-state index contributed by atoms with van der Waals surface area (Å²) in [5.41, 5.74) is 7.06. The minimum Gasteiger partial charge on any atom is -0.491 e. The molecular weight excluding hydrogens is 472 g/mol. The van der Waals surface area contributed by atoms with Gasteiger partial charge >= 0.3 is 5.97 Å². The summed E-state index contributed by atoms with van der Waals surface area (Å²) in [4.78, 5) is 11.5. The van der Waals surface area contributed by atoms with Crippen molar-refractivity contribution in [1.29, 1.82) is 0 Å². The molecule has 0 radical (unpaired) electrons. The molecule has 5 N–H and O–H groups in total. The first-order valence-corrected chi connectivity index (χ1v) is 11.1. The summed E-state index contributed by atoms with van der Waals surface area (Å²) >= 11 is 0. The second kappa shape index (κ2) is 12.3. The zero-order chi connectivity index (χ0) is 23.9. The number of aromatic carboxylic acids is 1. The van der Waals surface area contributed by atoms with Crippen molar-refractivity contribution < 1.29 is 29.2 Å². The average Bonchev–Trinajstić information content (AvgIpc) is 2.84. The van der Waals surface area contributed by atoms with Crippen molar-refractivity contribution in [2.24, 2.45) is 0 Å². The molecule has 0 aliphatic carbocycles. The zero-order valence-electron chi connectivity index (χ0n) is 19.1. The third kappa shape index (κ3) is 7.26. The van der Waals surface area contributed by atoms with Crippen LogP contribution in [0.5, 0.6) is 23.0 Å². The number of aliphatic hydroxyl groups is 1. The molecule has 9 heteroatoms. The molecule has 1 aliphatic heterocycles. The van der Waals surface area contributed by atoms with E-state index in [0.717, 1.165) is 29.9 Å². The highest BCUT2D eigenvalue weighted by molar-refractivity contribution is 5.92. The molecule has 186 valence electrons. The number of hydrogen-bond donors (Lipinski definition) is 4. The molecule has 0 aromatic heterocycles. The number of aryl methyl sites for hydroxylation is 1. The minimum atomic E-state index is -1.10. The first kappa shape index (κ1) is 26.2. The number of halogens is 1. The van der Waals surface area contributed by atoms with Crippen molar-refractivity contribution in [3.05, 3.63) is 77.9 Å².